The minimum Gasteiger partial charge on any atom is -0.507 e. The van der Waals surface area contributed by atoms with Crippen LogP contribution in [0, 0.1) is 6.92 Å². The Balaban J connectivity index is 1.67. The third-order valence-corrected chi connectivity index (χ3v) is 11.2. The number of hydrogen-bond donors (Lipinski definition) is 1. The van der Waals surface area contributed by atoms with E-state index in [4.69, 9.17) is 47.0 Å². The minimum atomic E-state index is -4.32. The molecule has 2 heterocycles. The molecule has 0 spiro atoms. The summed E-state index contributed by atoms with van der Waals surface area (Å²) in [7, 11) is 0. The van der Waals surface area contributed by atoms with Gasteiger partial charge in [-0.15, -0.1) is 0 Å². The molecule has 8 rings (SSSR count). The van der Waals surface area contributed by atoms with Gasteiger partial charge in [0.05, 0.1) is 28.0 Å². The number of pyridine rings is 1. The van der Waals surface area contributed by atoms with Crippen molar-refractivity contribution in [2.75, 3.05) is 0 Å². The predicted molar refractivity (Wildman–Crippen MR) is 267 cm³/mol. The van der Waals surface area contributed by atoms with E-state index in [0.29, 0.717) is 22.9 Å². The lowest BCUT2D eigenvalue weighted by molar-refractivity contribution is 0.446. The average molecular weight is 857 g/mol. The first-order valence-electron chi connectivity index (χ1n) is 33.6. The number of phenols is 1. The van der Waals surface area contributed by atoms with Gasteiger partial charge in [0.1, 0.15) is 11.6 Å². The monoisotopic (exact) mass is 857 g/mol. The molecule has 320 valence electrons. The lowest BCUT2D eigenvalue weighted by Gasteiger charge is -2.28. The predicted octanol–water partition coefficient (Wildman–Crippen LogP) is 16.0. The maximum Gasteiger partial charge on any atom is 0.149 e. The quantitative estimate of drug-likeness (QED) is 0.181. The van der Waals surface area contributed by atoms with Crippen molar-refractivity contribution in [1.29, 1.82) is 0 Å². The van der Waals surface area contributed by atoms with Crippen LogP contribution in [-0.2, 0) is 21.7 Å². The number of aromatic nitrogens is 3. The number of aromatic hydroxyl groups is 1. The summed E-state index contributed by atoms with van der Waals surface area (Å²) < 4.78 is 237. The zero-order chi connectivity index (χ0) is 67.7. The lowest BCUT2D eigenvalue weighted by Crippen LogP contribution is -2.17. The molecule has 4 heteroatoms. The van der Waals surface area contributed by atoms with Gasteiger partial charge in [-0.05, 0) is 116 Å². The summed E-state index contributed by atoms with van der Waals surface area (Å²) in [6.45, 7) is -29.0. The number of aryl methyl sites for hydroxylation is 1. The summed E-state index contributed by atoms with van der Waals surface area (Å²) in [6, 6.07) is 33.0. The molecule has 1 N–H and O–H groups in total. The largest absolute Gasteiger partial charge is 0.507 e. The van der Waals surface area contributed by atoms with Crippen LogP contribution in [-0.4, -0.2) is 19.6 Å². The van der Waals surface area contributed by atoms with Crippen molar-refractivity contribution < 1.29 is 42.1 Å². The Labute approximate surface area is 413 Å². The van der Waals surface area contributed by atoms with E-state index >= 15 is 0 Å². The summed E-state index contributed by atoms with van der Waals surface area (Å²) in [5, 5.41) is 13.1. The number of fused-ring (bicyclic) bond motifs is 1. The highest BCUT2D eigenvalue weighted by Crippen LogP contribution is 2.46. The maximum atomic E-state index is 13.1. The SMILES string of the molecule is [2H]C([2H])([2H])C(c1ccc(-n2c(-c3cc(C(C([2H])([2H])[2H])(C([2H])([2H])[2H])C([2H])([2H])[2H])cc(C(C([2H])([2H])[2H])(C([2H])([2H])[2H])C([2H])([2H])[2H])c3O)nc3c(-c4cc(-c5cc(-c6ccc(C)cc6)ccn5)cc(C(C)(C)C)c4)cccc32)c(-c2ccccc2)c1)(C([2H])([2H])[2H])C([2H])([2H])[2H]. The van der Waals surface area contributed by atoms with E-state index in [-0.39, 0.29) is 39.5 Å². The van der Waals surface area contributed by atoms with Gasteiger partial charge in [0, 0.05) is 65.5 Å². The zero-order valence-electron chi connectivity index (χ0n) is 62.1. The third-order valence-electron chi connectivity index (χ3n) is 11.2. The van der Waals surface area contributed by atoms with E-state index in [1.54, 1.807) is 30.5 Å². The fourth-order valence-corrected chi connectivity index (χ4v) is 7.76. The van der Waals surface area contributed by atoms with Crippen molar-refractivity contribution >= 4 is 11.0 Å². The van der Waals surface area contributed by atoms with Crippen LogP contribution in [0.15, 0.2) is 140 Å². The van der Waals surface area contributed by atoms with Gasteiger partial charge in [-0.25, -0.2) is 4.98 Å². The van der Waals surface area contributed by atoms with Crippen molar-refractivity contribution in [2.45, 2.75) is 111 Å². The number of imidazole rings is 1. The van der Waals surface area contributed by atoms with Gasteiger partial charge < -0.3 is 5.11 Å². The smallest absolute Gasteiger partial charge is 0.149 e. The summed E-state index contributed by atoms with van der Waals surface area (Å²) in [5.74, 6) is -2.31. The molecule has 0 saturated heterocycles. The van der Waals surface area contributed by atoms with Crippen molar-refractivity contribution in [3.63, 3.8) is 0 Å². The van der Waals surface area contributed by atoms with Crippen LogP contribution >= 0.6 is 0 Å². The molecule has 0 bridgehead atoms. The molecule has 6 aromatic carbocycles. The standard InChI is InChI=1S/C59H63N3O/c1-37-22-24-38(25-23-37)40-28-29-60-50(33-40)42-30-41(31-44(32-42)57(5,6)7)46-20-17-21-52-53(46)61-55(48-35-45(58(8,9)10)36-49(54(48)63)59(11,12)13)62(52)51-27-26-43(56(2,3)4)34-47(51)39-18-15-14-16-19-39/h14-36,63H,1-13H3/i2D3,3D3,4D3,8D3,9D3,10D3,11D3,12D3,13D3. The molecule has 0 aliphatic heterocycles. The summed E-state index contributed by atoms with van der Waals surface area (Å²) in [6.07, 6.45) is 1.64. The van der Waals surface area contributed by atoms with E-state index in [9.17, 15) is 5.11 Å². The van der Waals surface area contributed by atoms with E-state index in [1.807, 2.05) is 76.2 Å². The van der Waals surface area contributed by atoms with E-state index < -0.39 is 117 Å². The van der Waals surface area contributed by atoms with Crippen LogP contribution in [0.5, 0.6) is 5.75 Å². The number of nitrogens with zero attached hydrogens (tertiary/aromatic N) is 3. The van der Waals surface area contributed by atoms with Crippen LogP contribution in [0.1, 0.15) is 147 Å². The van der Waals surface area contributed by atoms with Gasteiger partial charge in [-0.3, -0.25) is 9.55 Å². The third kappa shape index (κ3) is 8.61. The zero-order valence-corrected chi connectivity index (χ0v) is 35.1. The van der Waals surface area contributed by atoms with Gasteiger partial charge in [-0.2, -0.15) is 0 Å². The van der Waals surface area contributed by atoms with Gasteiger partial charge in [0.2, 0.25) is 0 Å². The molecule has 0 saturated carbocycles. The molecule has 4 nitrogen and oxygen atoms in total. The second kappa shape index (κ2) is 15.8. The minimum absolute atomic E-state index is 0.0443. The molecular formula is C59H63N3O. The Bertz CT molecular complexity index is 3890. The van der Waals surface area contributed by atoms with Crippen molar-refractivity contribution in [3.8, 4) is 67.5 Å². The van der Waals surface area contributed by atoms with Gasteiger partial charge >= 0.3 is 0 Å². The molecule has 2 aromatic heterocycles. The summed E-state index contributed by atoms with van der Waals surface area (Å²) >= 11 is 0. The molecule has 0 unspecified atom stereocenters. The highest BCUT2D eigenvalue weighted by Gasteiger charge is 2.30. The molecule has 0 atom stereocenters. The first kappa shape index (κ1) is 21.4. The molecule has 63 heavy (non-hydrogen) atoms. The molecular weight excluding hydrogens is 767 g/mol. The van der Waals surface area contributed by atoms with Crippen molar-refractivity contribution in [2.24, 2.45) is 0 Å². The first-order valence-corrected chi connectivity index (χ1v) is 20.1. The van der Waals surface area contributed by atoms with Gasteiger partial charge in [0.15, 0.2) is 0 Å². The topological polar surface area (TPSA) is 50.9 Å². The normalized spacial score (nSPS) is 20.7. The Morgan fingerprint density at radius 3 is 1.87 bits per heavy atom. The fraction of sp³-hybridized carbons (Fsp3) is 0.288. The summed E-state index contributed by atoms with van der Waals surface area (Å²) in [4.78, 5) is 9.82. The number of benzene rings is 6. The molecule has 0 amide bonds. The first-order chi connectivity index (χ1) is 40.8. The van der Waals surface area contributed by atoms with E-state index in [1.165, 1.54) is 34.9 Å². The Kier molecular flexibility index (Phi) is 5.38. The number of phenolic OH excluding ortho intramolecular Hbond substituents is 1. The molecule has 0 radical (unpaired) electrons. The second-order valence-corrected chi connectivity index (χ2v) is 17.1. The number of para-hydroxylation sites is 1. The lowest BCUT2D eigenvalue weighted by atomic mass is 9.79. The maximum absolute atomic E-state index is 13.1. The fourth-order valence-electron chi connectivity index (χ4n) is 7.76. The number of hydrogen-bond acceptors (Lipinski definition) is 3. The number of rotatable bonds is 6. The Hall–Kier alpha value is -6.26. The van der Waals surface area contributed by atoms with Crippen LogP contribution in [0.2, 0.25) is 0 Å². The van der Waals surface area contributed by atoms with Crippen LogP contribution in [0.25, 0.3) is 72.7 Å². The van der Waals surface area contributed by atoms with Gasteiger partial charge in [-0.1, -0.05) is 173 Å². The van der Waals surface area contributed by atoms with E-state index in [2.05, 4.69) is 0 Å². The summed E-state index contributed by atoms with van der Waals surface area (Å²) in [5.41, 5.74) is -12.7. The van der Waals surface area contributed by atoms with Crippen LogP contribution in [0.3, 0.4) is 0 Å². The van der Waals surface area contributed by atoms with Crippen LogP contribution in [0.4, 0.5) is 0 Å². The second-order valence-electron chi connectivity index (χ2n) is 17.1. The highest BCUT2D eigenvalue weighted by molar-refractivity contribution is 5.98. The molecule has 8 aromatic rings. The van der Waals surface area contributed by atoms with Gasteiger partial charge in [0.25, 0.3) is 0 Å². The molecule has 0 fully saturated rings. The average Bonchev–Trinajstić information content (AvgIpc) is 0.794. The highest BCUT2D eigenvalue weighted by atomic mass is 16.3. The van der Waals surface area contributed by atoms with E-state index in [0.717, 1.165) is 40.5 Å². The van der Waals surface area contributed by atoms with Crippen molar-refractivity contribution in [1.82, 2.24) is 14.5 Å². The molecule has 0 aliphatic carbocycles. The van der Waals surface area contributed by atoms with Crippen LogP contribution < -0.4 is 0 Å². The Morgan fingerprint density at radius 2 is 1.17 bits per heavy atom. The Morgan fingerprint density at radius 1 is 0.508 bits per heavy atom. The van der Waals surface area contributed by atoms with Crippen molar-refractivity contribution in [3.05, 3.63) is 167 Å². The molecule has 0 aliphatic rings.